The summed E-state index contributed by atoms with van der Waals surface area (Å²) < 4.78 is 48.9. The van der Waals surface area contributed by atoms with Crippen molar-refractivity contribution in [3.05, 3.63) is 68.7 Å². The van der Waals surface area contributed by atoms with Crippen molar-refractivity contribution in [1.29, 1.82) is 0 Å². The SMILES string of the molecule is Cc1cc(C2CC(c3cc(Cl)cc(Cl)c3)(C(F)(F)F)SN2)ccc1C(=O)OC(C)(C)C. The number of alkyl halides is 3. The average molecular weight is 492 g/mol. The van der Waals surface area contributed by atoms with Gasteiger partial charge in [0.05, 0.1) is 5.56 Å². The van der Waals surface area contributed by atoms with Crippen molar-refractivity contribution in [2.45, 2.75) is 56.7 Å². The fourth-order valence-electron chi connectivity index (χ4n) is 3.50. The maximum Gasteiger partial charge on any atom is 0.408 e. The molecule has 3 nitrogen and oxygen atoms in total. The van der Waals surface area contributed by atoms with Crippen molar-refractivity contribution in [1.82, 2.24) is 4.72 Å². The summed E-state index contributed by atoms with van der Waals surface area (Å²) in [5.41, 5.74) is 1.02. The number of benzene rings is 2. The van der Waals surface area contributed by atoms with Crippen molar-refractivity contribution in [3.63, 3.8) is 0 Å². The Kier molecular flexibility index (Phi) is 6.65. The monoisotopic (exact) mass is 491 g/mol. The second-order valence-corrected chi connectivity index (χ2v) is 10.5. The second kappa shape index (κ2) is 8.50. The van der Waals surface area contributed by atoms with Crippen LogP contribution in [0.4, 0.5) is 13.2 Å². The number of rotatable bonds is 3. The van der Waals surface area contributed by atoms with E-state index in [1.165, 1.54) is 18.2 Å². The first-order valence-electron chi connectivity index (χ1n) is 9.52. The molecule has 31 heavy (non-hydrogen) atoms. The lowest BCUT2D eigenvalue weighted by atomic mass is 9.87. The third-order valence-electron chi connectivity index (χ3n) is 4.93. The van der Waals surface area contributed by atoms with E-state index in [2.05, 4.69) is 4.72 Å². The largest absolute Gasteiger partial charge is 0.456 e. The summed E-state index contributed by atoms with van der Waals surface area (Å²) >= 11 is 12.6. The minimum absolute atomic E-state index is 0.000373. The molecular formula is C22H22Cl2F3NO2S. The van der Waals surface area contributed by atoms with Crippen molar-refractivity contribution in [2.75, 3.05) is 0 Å². The minimum atomic E-state index is -4.54. The number of halogens is 5. The van der Waals surface area contributed by atoms with Gasteiger partial charge in [0.25, 0.3) is 0 Å². The summed E-state index contributed by atoms with van der Waals surface area (Å²) in [4.78, 5) is 12.4. The van der Waals surface area contributed by atoms with Crippen molar-refractivity contribution in [3.8, 4) is 0 Å². The van der Waals surface area contributed by atoms with Gasteiger partial charge in [-0.05, 0) is 75.1 Å². The summed E-state index contributed by atoms with van der Waals surface area (Å²) in [6, 6.07) is 8.38. The van der Waals surface area contributed by atoms with Crippen LogP contribution >= 0.6 is 35.1 Å². The zero-order valence-electron chi connectivity index (χ0n) is 17.4. The zero-order valence-corrected chi connectivity index (χ0v) is 19.7. The Morgan fingerprint density at radius 3 is 2.26 bits per heavy atom. The molecule has 2 aromatic carbocycles. The van der Waals surface area contributed by atoms with Crippen LogP contribution in [-0.4, -0.2) is 17.7 Å². The summed E-state index contributed by atoms with van der Waals surface area (Å²) in [5, 5.41) is 0.292. The van der Waals surface area contributed by atoms with E-state index in [0.29, 0.717) is 28.6 Å². The van der Waals surface area contributed by atoms with Crippen LogP contribution in [0.2, 0.25) is 10.0 Å². The summed E-state index contributed by atoms with van der Waals surface area (Å²) in [6.07, 6.45) is -4.79. The number of carbonyl (C=O) groups excluding carboxylic acids is 1. The molecule has 1 fully saturated rings. The molecule has 2 aromatic rings. The van der Waals surface area contributed by atoms with E-state index < -0.39 is 28.5 Å². The standard InChI is InChI=1S/C22H22Cl2F3NO2S/c1-12-7-13(5-6-17(12)19(29)30-20(2,3)4)18-11-21(31-28-18,22(25,26)27)14-8-15(23)10-16(24)9-14/h5-10,18,28H,11H2,1-4H3. The normalized spacial score (nSPS) is 21.9. The minimum Gasteiger partial charge on any atom is -0.456 e. The first kappa shape index (κ1) is 24.2. The highest BCUT2D eigenvalue weighted by Gasteiger charge is 2.61. The number of hydrogen-bond donors (Lipinski definition) is 1. The van der Waals surface area contributed by atoms with Gasteiger partial charge in [-0.25, -0.2) is 4.79 Å². The Labute approximate surface area is 193 Å². The summed E-state index contributed by atoms with van der Waals surface area (Å²) in [5.74, 6) is -0.469. The van der Waals surface area contributed by atoms with Gasteiger partial charge in [-0.1, -0.05) is 47.3 Å². The molecule has 0 saturated carbocycles. The predicted octanol–water partition coefficient (Wildman–Crippen LogP) is 7.40. The van der Waals surface area contributed by atoms with Gasteiger partial charge in [-0.2, -0.15) is 13.2 Å². The first-order chi connectivity index (χ1) is 14.2. The molecule has 1 heterocycles. The highest BCUT2D eigenvalue weighted by Crippen LogP contribution is 2.58. The second-order valence-electron chi connectivity index (χ2n) is 8.54. The van der Waals surface area contributed by atoms with Gasteiger partial charge in [0.2, 0.25) is 0 Å². The molecule has 0 aliphatic carbocycles. The van der Waals surface area contributed by atoms with Crippen LogP contribution in [-0.2, 0) is 9.48 Å². The highest BCUT2D eigenvalue weighted by atomic mass is 35.5. The Bertz CT molecular complexity index is 987. The molecular weight excluding hydrogens is 470 g/mol. The Hall–Kier alpha value is -1.41. The molecule has 1 aliphatic rings. The number of ether oxygens (including phenoxy) is 1. The zero-order chi connectivity index (χ0) is 23.2. The van der Waals surface area contributed by atoms with Crippen LogP contribution in [0.15, 0.2) is 36.4 Å². The van der Waals surface area contributed by atoms with Crippen LogP contribution in [0.1, 0.15) is 60.3 Å². The van der Waals surface area contributed by atoms with Gasteiger partial charge in [-0.3, -0.25) is 4.72 Å². The van der Waals surface area contributed by atoms with Gasteiger partial charge < -0.3 is 4.74 Å². The van der Waals surface area contributed by atoms with Crippen LogP contribution in [0.5, 0.6) is 0 Å². The molecule has 2 unspecified atom stereocenters. The third kappa shape index (κ3) is 5.16. The summed E-state index contributed by atoms with van der Waals surface area (Å²) in [7, 11) is 0. The molecule has 1 saturated heterocycles. The van der Waals surface area contributed by atoms with E-state index in [9.17, 15) is 18.0 Å². The van der Waals surface area contributed by atoms with Crippen molar-refractivity contribution < 1.29 is 22.7 Å². The fraction of sp³-hybridized carbons (Fsp3) is 0.409. The molecule has 0 bridgehead atoms. The van der Waals surface area contributed by atoms with E-state index in [1.807, 2.05) is 0 Å². The van der Waals surface area contributed by atoms with E-state index in [0.717, 1.165) is 0 Å². The molecule has 0 aromatic heterocycles. The number of hydrogen-bond acceptors (Lipinski definition) is 4. The van der Waals surface area contributed by atoms with E-state index >= 15 is 0 Å². The third-order valence-corrected chi connectivity index (χ3v) is 6.75. The molecule has 1 N–H and O–H groups in total. The summed E-state index contributed by atoms with van der Waals surface area (Å²) in [6.45, 7) is 7.05. The van der Waals surface area contributed by atoms with Gasteiger partial charge in [0.1, 0.15) is 5.60 Å². The molecule has 0 spiro atoms. The van der Waals surface area contributed by atoms with E-state index in [4.69, 9.17) is 27.9 Å². The topological polar surface area (TPSA) is 38.3 Å². The van der Waals surface area contributed by atoms with Crippen LogP contribution in [0.25, 0.3) is 0 Å². The van der Waals surface area contributed by atoms with E-state index in [-0.39, 0.29) is 22.0 Å². The van der Waals surface area contributed by atoms with Crippen LogP contribution < -0.4 is 4.72 Å². The van der Waals surface area contributed by atoms with Crippen LogP contribution in [0, 0.1) is 6.92 Å². The predicted molar refractivity (Wildman–Crippen MR) is 119 cm³/mol. The quantitative estimate of drug-likeness (QED) is 0.358. The average Bonchev–Trinajstić information content (AvgIpc) is 3.06. The molecule has 3 rings (SSSR count). The number of aryl methyl sites for hydroxylation is 1. The molecule has 0 amide bonds. The Morgan fingerprint density at radius 2 is 1.74 bits per heavy atom. The number of esters is 1. The van der Waals surface area contributed by atoms with Gasteiger partial charge >= 0.3 is 12.1 Å². The van der Waals surface area contributed by atoms with Crippen LogP contribution in [0.3, 0.4) is 0 Å². The molecule has 2 atom stereocenters. The molecule has 9 heteroatoms. The smallest absolute Gasteiger partial charge is 0.408 e. The number of nitrogens with one attached hydrogen (secondary N) is 1. The Balaban J connectivity index is 1.92. The first-order valence-corrected chi connectivity index (χ1v) is 11.1. The lowest BCUT2D eigenvalue weighted by Crippen LogP contribution is -2.37. The molecule has 0 radical (unpaired) electrons. The van der Waals surface area contributed by atoms with E-state index in [1.54, 1.807) is 45.9 Å². The van der Waals surface area contributed by atoms with Crippen molar-refractivity contribution >= 4 is 41.1 Å². The fourth-order valence-corrected chi connectivity index (χ4v) is 5.19. The highest BCUT2D eigenvalue weighted by molar-refractivity contribution is 7.98. The lowest BCUT2D eigenvalue weighted by molar-refractivity contribution is -0.163. The van der Waals surface area contributed by atoms with Gasteiger partial charge in [-0.15, -0.1) is 0 Å². The Morgan fingerprint density at radius 1 is 1.13 bits per heavy atom. The molecule has 168 valence electrons. The maximum atomic E-state index is 14.3. The van der Waals surface area contributed by atoms with Gasteiger partial charge in [0.15, 0.2) is 4.75 Å². The van der Waals surface area contributed by atoms with Crippen molar-refractivity contribution in [2.24, 2.45) is 0 Å². The lowest BCUT2D eigenvalue weighted by Gasteiger charge is -2.30. The maximum absolute atomic E-state index is 14.3. The van der Waals surface area contributed by atoms with Gasteiger partial charge in [0, 0.05) is 16.1 Å². The molecule has 1 aliphatic heterocycles. The number of carbonyl (C=O) groups is 1.